The van der Waals surface area contributed by atoms with Crippen molar-refractivity contribution < 1.29 is 9.90 Å². The first kappa shape index (κ1) is 12.9. The third kappa shape index (κ3) is 3.72. The number of benzene rings is 1. The number of nitrogens with one attached hydrogen (secondary N) is 1. The summed E-state index contributed by atoms with van der Waals surface area (Å²) in [4.78, 5) is 14.1. The van der Waals surface area contributed by atoms with Crippen LogP contribution in [-0.4, -0.2) is 54.1 Å². The molecule has 1 amide bonds. The number of amides is 1. The van der Waals surface area contributed by atoms with E-state index in [0.717, 1.165) is 31.7 Å². The maximum atomic E-state index is 11.8. The second-order valence-corrected chi connectivity index (χ2v) is 4.67. The number of aromatic hydroxyl groups is 1. The van der Waals surface area contributed by atoms with Crippen molar-refractivity contribution in [3.05, 3.63) is 29.8 Å². The Morgan fingerprint density at radius 3 is 2.44 bits per heavy atom. The standard InChI is InChI=1S/C13H19N3O2/c1-15-6-8-16(9-7-15)14-13(18)10-11-2-4-12(17)5-3-11/h2-5,17H,6-10H2,1H3,(H,14,18). The zero-order valence-electron chi connectivity index (χ0n) is 10.6. The molecule has 0 bridgehead atoms. The molecule has 0 aromatic heterocycles. The molecule has 0 aliphatic carbocycles. The summed E-state index contributed by atoms with van der Waals surface area (Å²) in [5.74, 6) is 0.212. The second-order valence-electron chi connectivity index (χ2n) is 4.67. The summed E-state index contributed by atoms with van der Waals surface area (Å²) in [7, 11) is 2.08. The van der Waals surface area contributed by atoms with Gasteiger partial charge in [-0.25, -0.2) is 5.01 Å². The molecule has 5 heteroatoms. The van der Waals surface area contributed by atoms with Crippen LogP contribution in [0.2, 0.25) is 0 Å². The van der Waals surface area contributed by atoms with Crippen LogP contribution in [0, 0.1) is 0 Å². The van der Waals surface area contributed by atoms with Crippen LogP contribution in [0.5, 0.6) is 5.75 Å². The fourth-order valence-electron chi connectivity index (χ4n) is 1.93. The molecule has 0 saturated carbocycles. The first-order valence-corrected chi connectivity index (χ1v) is 6.14. The third-order valence-corrected chi connectivity index (χ3v) is 3.09. The molecule has 1 heterocycles. The zero-order chi connectivity index (χ0) is 13.0. The van der Waals surface area contributed by atoms with Crippen LogP contribution in [0.4, 0.5) is 0 Å². The number of phenolic OH excluding ortho intramolecular Hbond substituents is 1. The molecule has 1 aromatic carbocycles. The number of hydrogen-bond acceptors (Lipinski definition) is 4. The fraction of sp³-hybridized carbons (Fsp3) is 0.462. The Morgan fingerprint density at radius 2 is 1.83 bits per heavy atom. The molecule has 1 aliphatic heterocycles. The molecule has 2 rings (SSSR count). The van der Waals surface area contributed by atoms with E-state index in [1.807, 2.05) is 5.01 Å². The van der Waals surface area contributed by atoms with Crippen molar-refractivity contribution in [2.24, 2.45) is 0 Å². The zero-order valence-corrected chi connectivity index (χ0v) is 10.6. The van der Waals surface area contributed by atoms with Crippen LogP contribution in [0.1, 0.15) is 5.56 Å². The Morgan fingerprint density at radius 1 is 1.22 bits per heavy atom. The van der Waals surface area contributed by atoms with Gasteiger partial charge in [-0.2, -0.15) is 0 Å². The van der Waals surface area contributed by atoms with Crippen LogP contribution in [-0.2, 0) is 11.2 Å². The molecular weight excluding hydrogens is 230 g/mol. The predicted octanol–water partition coefficient (Wildman–Crippen LogP) is 0.213. The molecule has 18 heavy (non-hydrogen) atoms. The minimum absolute atomic E-state index is 0.00903. The highest BCUT2D eigenvalue weighted by molar-refractivity contribution is 5.78. The van der Waals surface area contributed by atoms with E-state index in [0.29, 0.717) is 6.42 Å². The van der Waals surface area contributed by atoms with E-state index >= 15 is 0 Å². The van der Waals surface area contributed by atoms with Gasteiger partial charge in [0, 0.05) is 26.2 Å². The average molecular weight is 249 g/mol. The molecule has 0 spiro atoms. The number of hydrazine groups is 1. The lowest BCUT2D eigenvalue weighted by Crippen LogP contribution is -2.52. The number of piperazine rings is 1. The smallest absolute Gasteiger partial charge is 0.238 e. The van der Waals surface area contributed by atoms with E-state index in [2.05, 4.69) is 17.4 Å². The van der Waals surface area contributed by atoms with Gasteiger partial charge in [-0.3, -0.25) is 10.2 Å². The van der Waals surface area contributed by atoms with Crippen LogP contribution in [0.25, 0.3) is 0 Å². The summed E-state index contributed by atoms with van der Waals surface area (Å²) >= 11 is 0. The minimum atomic E-state index is -0.00903. The molecule has 1 saturated heterocycles. The molecule has 5 nitrogen and oxygen atoms in total. The third-order valence-electron chi connectivity index (χ3n) is 3.09. The lowest BCUT2D eigenvalue weighted by molar-refractivity contribution is -0.126. The second kappa shape index (κ2) is 5.84. The monoisotopic (exact) mass is 249 g/mol. The molecular formula is C13H19N3O2. The van der Waals surface area contributed by atoms with Crippen molar-refractivity contribution in [2.75, 3.05) is 33.2 Å². The van der Waals surface area contributed by atoms with Gasteiger partial charge >= 0.3 is 0 Å². The van der Waals surface area contributed by atoms with Crippen molar-refractivity contribution >= 4 is 5.91 Å². The van der Waals surface area contributed by atoms with Crippen molar-refractivity contribution in [1.29, 1.82) is 0 Å². The Hall–Kier alpha value is -1.59. The van der Waals surface area contributed by atoms with Gasteiger partial charge in [0.15, 0.2) is 0 Å². The topological polar surface area (TPSA) is 55.8 Å². The Balaban J connectivity index is 1.80. The Bertz CT molecular complexity index is 397. The van der Waals surface area contributed by atoms with Gasteiger partial charge in [0.1, 0.15) is 5.75 Å². The fourth-order valence-corrected chi connectivity index (χ4v) is 1.93. The molecule has 98 valence electrons. The summed E-state index contributed by atoms with van der Waals surface area (Å²) in [6.45, 7) is 3.66. The maximum absolute atomic E-state index is 11.8. The molecule has 0 radical (unpaired) electrons. The average Bonchev–Trinajstić information content (AvgIpc) is 2.35. The van der Waals surface area contributed by atoms with Crippen molar-refractivity contribution in [3.63, 3.8) is 0 Å². The van der Waals surface area contributed by atoms with Crippen LogP contribution < -0.4 is 5.43 Å². The molecule has 2 N–H and O–H groups in total. The first-order chi connectivity index (χ1) is 8.63. The number of nitrogens with zero attached hydrogens (tertiary/aromatic N) is 2. The number of phenols is 1. The van der Waals surface area contributed by atoms with Gasteiger partial charge in [0.05, 0.1) is 6.42 Å². The normalized spacial score (nSPS) is 17.6. The Kier molecular flexibility index (Phi) is 4.17. The van der Waals surface area contributed by atoms with E-state index in [9.17, 15) is 4.79 Å². The van der Waals surface area contributed by atoms with Crippen molar-refractivity contribution in [2.45, 2.75) is 6.42 Å². The molecule has 1 fully saturated rings. The van der Waals surface area contributed by atoms with Crippen LogP contribution in [0.15, 0.2) is 24.3 Å². The summed E-state index contributed by atoms with van der Waals surface area (Å²) in [5, 5.41) is 11.1. The maximum Gasteiger partial charge on any atom is 0.238 e. The molecule has 1 aromatic rings. The van der Waals surface area contributed by atoms with Crippen LogP contribution >= 0.6 is 0 Å². The van der Waals surface area contributed by atoms with Gasteiger partial charge in [-0.05, 0) is 24.7 Å². The molecule has 0 unspecified atom stereocenters. The number of carbonyl (C=O) groups is 1. The lowest BCUT2D eigenvalue weighted by Gasteiger charge is -2.32. The van der Waals surface area contributed by atoms with E-state index < -0.39 is 0 Å². The highest BCUT2D eigenvalue weighted by atomic mass is 16.3. The lowest BCUT2D eigenvalue weighted by atomic mass is 10.1. The van der Waals surface area contributed by atoms with E-state index in [1.165, 1.54) is 0 Å². The predicted molar refractivity (Wildman–Crippen MR) is 69.0 cm³/mol. The van der Waals surface area contributed by atoms with Gasteiger partial charge in [-0.1, -0.05) is 12.1 Å². The largest absolute Gasteiger partial charge is 0.508 e. The highest BCUT2D eigenvalue weighted by Gasteiger charge is 2.15. The van der Waals surface area contributed by atoms with Crippen LogP contribution in [0.3, 0.4) is 0 Å². The van der Waals surface area contributed by atoms with E-state index in [1.54, 1.807) is 24.3 Å². The quantitative estimate of drug-likeness (QED) is 0.804. The van der Waals surface area contributed by atoms with E-state index in [4.69, 9.17) is 5.11 Å². The number of hydrogen-bond donors (Lipinski definition) is 2. The summed E-state index contributed by atoms with van der Waals surface area (Å²) < 4.78 is 0. The SMILES string of the molecule is CN1CCN(NC(=O)Cc2ccc(O)cc2)CC1. The Labute approximate surface area is 107 Å². The van der Waals surface area contributed by atoms with Gasteiger partial charge < -0.3 is 10.0 Å². The number of rotatable bonds is 3. The highest BCUT2D eigenvalue weighted by Crippen LogP contribution is 2.10. The summed E-state index contributed by atoms with van der Waals surface area (Å²) in [6.07, 6.45) is 0.340. The summed E-state index contributed by atoms with van der Waals surface area (Å²) in [6, 6.07) is 6.72. The van der Waals surface area contributed by atoms with Gasteiger partial charge in [-0.15, -0.1) is 0 Å². The van der Waals surface area contributed by atoms with Gasteiger partial charge in [0.25, 0.3) is 0 Å². The number of likely N-dealkylation sites (N-methyl/N-ethyl adjacent to an activating group) is 1. The first-order valence-electron chi connectivity index (χ1n) is 6.14. The summed E-state index contributed by atoms with van der Waals surface area (Å²) in [5.41, 5.74) is 3.81. The van der Waals surface area contributed by atoms with E-state index in [-0.39, 0.29) is 11.7 Å². The minimum Gasteiger partial charge on any atom is -0.508 e. The molecule has 1 aliphatic rings. The number of carbonyl (C=O) groups excluding carboxylic acids is 1. The van der Waals surface area contributed by atoms with Crippen molar-refractivity contribution in [1.82, 2.24) is 15.3 Å². The van der Waals surface area contributed by atoms with Gasteiger partial charge in [0.2, 0.25) is 5.91 Å². The van der Waals surface area contributed by atoms with Crippen molar-refractivity contribution in [3.8, 4) is 5.75 Å². The molecule has 0 atom stereocenters.